The van der Waals surface area contributed by atoms with Gasteiger partial charge >= 0.3 is 0 Å². The summed E-state index contributed by atoms with van der Waals surface area (Å²) >= 11 is 1.61. The summed E-state index contributed by atoms with van der Waals surface area (Å²) in [5, 5.41) is 0.736. The third-order valence-corrected chi connectivity index (χ3v) is 6.53. The number of fused-ring (bicyclic) bond motifs is 1. The molecule has 0 aliphatic heterocycles. The van der Waals surface area contributed by atoms with Crippen molar-refractivity contribution < 1.29 is 9.59 Å². The first-order valence-corrected chi connectivity index (χ1v) is 10.3. The fourth-order valence-electron chi connectivity index (χ4n) is 3.64. The van der Waals surface area contributed by atoms with Gasteiger partial charge in [0.15, 0.2) is 10.9 Å². The van der Waals surface area contributed by atoms with Crippen LogP contribution in [0.15, 0.2) is 54.6 Å². The lowest BCUT2D eigenvalue weighted by atomic mass is 9.85. The van der Waals surface area contributed by atoms with Crippen LogP contribution >= 0.6 is 11.3 Å². The molecule has 28 heavy (non-hydrogen) atoms. The Labute approximate surface area is 168 Å². The number of rotatable bonds is 4. The van der Waals surface area contributed by atoms with Gasteiger partial charge in [-0.15, -0.1) is 11.3 Å². The highest BCUT2D eigenvalue weighted by molar-refractivity contribution is 7.16. The third kappa shape index (κ3) is 3.62. The molecule has 2 aromatic carbocycles. The van der Waals surface area contributed by atoms with Gasteiger partial charge in [0.2, 0.25) is 0 Å². The third-order valence-electron chi connectivity index (χ3n) is 5.33. The highest BCUT2D eigenvalue weighted by Gasteiger charge is 2.26. The average molecular weight is 391 g/mol. The van der Waals surface area contributed by atoms with Crippen molar-refractivity contribution in [3.05, 3.63) is 81.9 Å². The zero-order chi connectivity index (χ0) is 19.7. The second kappa shape index (κ2) is 7.68. The number of hydrogen-bond acceptors (Lipinski definition) is 4. The highest BCUT2D eigenvalue weighted by Crippen LogP contribution is 2.38. The Kier molecular flexibility index (Phi) is 5.09. The number of anilines is 1. The number of thiazole rings is 1. The predicted molar refractivity (Wildman–Crippen MR) is 113 cm³/mol. The molecule has 4 rings (SSSR count). The van der Waals surface area contributed by atoms with Gasteiger partial charge in [0.05, 0.1) is 5.69 Å². The molecule has 0 fully saturated rings. The number of nitrogens with zero attached hydrogens (tertiary/aromatic N) is 2. The highest BCUT2D eigenvalue weighted by atomic mass is 32.1. The Bertz CT molecular complexity index is 1010. The lowest BCUT2D eigenvalue weighted by Gasteiger charge is -2.21. The quantitative estimate of drug-likeness (QED) is 0.596. The number of aryl methyl sites for hydroxylation is 1. The van der Waals surface area contributed by atoms with Gasteiger partial charge in [-0.05, 0) is 49.8 Å². The first-order valence-electron chi connectivity index (χ1n) is 9.45. The Morgan fingerprint density at radius 1 is 1.04 bits per heavy atom. The van der Waals surface area contributed by atoms with Crippen molar-refractivity contribution in [3.63, 3.8) is 0 Å². The molecule has 1 atom stereocenters. The van der Waals surface area contributed by atoms with Gasteiger partial charge in [-0.1, -0.05) is 42.5 Å². The minimum absolute atomic E-state index is 0.00655. The second-order valence-electron chi connectivity index (χ2n) is 7.21. The maximum absolute atomic E-state index is 12.8. The number of aromatic nitrogens is 1. The van der Waals surface area contributed by atoms with Crippen molar-refractivity contribution in [2.75, 3.05) is 11.9 Å². The number of hydrogen-bond donors (Lipinski definition) is 0. The molecule has 1 amide bonds. The molecule has 0 bridgehead atoms. The van der Waals surface area contributed by atoms with Crippen LogP contribution in [-0.2, 0) is 12.8 Å². The van der Waals surface area contributed by atoms with E-state index in [0.717, 1.165) is 30.1 Å². The monoisotopic (exact) mass is 390 g/mol. The maximum Gasteiger partial charge on any atom is 0.259 e. The molecule has 0 spiro atoms. The van der Waals surface area contributed by atoms with Crippen LogP contribution in [0.25, 0.3) is 0 Å². The fraction of sp³-hybridized carbons (Fsp3) is 0.261. The minimum Gasteiger partial charge on any atom is -0.295 e. The Morgan fingerprint density at radius 2 is 1.71 bits per heavy atom. The van der Waals surface area contributed by atoms with E-state index in [0.29, 0.717) is 17.0 Å². The molecular formula is C23H22N2O2S. The van der Waals surface area contributed by atoms with Crippen LogP contribution in [0.2, 0.25) is 0 Å². The van der Waals surface area contributed by atoms with E-state index in [-0.39, 0.29) is 11.7 Å². The summed E-state index contributed by atoms with van der Waals surface area (Å²) in [5.41, 5.74) is 3.66. The van der Waals surface area contributed by atoms with E-state index in [1.54, 1.807) is 47.5 Å². The van der Waals surface area contributed by atoms with Crippen molar-refractivity contribution in [3.8, 4) is 0 Å². The molecule has 1 aliphatic carbocycles. The van der Waals surface area contributed by atoms with Gasteiger partial charge in [0.25, 0.3) is 5.91 Å². The smallest absolute Gasteiger partial charge is 0.259 e. The van der Waals surface area contributed by atoms with Crippen LogP contribution in [0, 0.1) is 0 Å². The second-order valence-corrected chi connectivity index (χ2v) is 8.28. The first-order chi connectivity index (χ1) is 13.5. The van der Waals surface area contributed by atoms with Crippen LogP contribution in [0.1, 0.15) is 56.1 Å². The van der Waals surface area contributed by atoms with Crippen molar-refractivity contribution in [1.29, 1.82) is 0 Å². The zero-order valence-corrected chi connectivity index (χ0v) is 16.8. The molecule has 0 radical (unpaired) electrons. The molecule has 4 nitrogen and oxygen atoms in total. The van der Waals surface area contributed by atoms with E-state index in [1.165, 1.54) is 17.4 Å². The summed E-state index contributed by atoms with van der Waals surface area (Å²) in [6.07, 6.45) is 3.01. The summed E-state index contributed by atoms with van der Waals surface area (Å²) in [6, 6.07) is 17.4. The molecule has 3 aromatic rings. The lowest BCUT2D eigenvalue weighted by Crippen LogP contribution is -2.26. The van der Waals surface area contributed by atoms with Crippen molar-refractivity contribution in [2.45, 2.75) is 32.1 Å². The van der Waals surface area contributed by atoms with E-state index in [9.17, 15) is 9.59 Å². The predicted octanol–water partition coefficient (Wildman–Crippen LogP) is 4.89. The van der Waals surface area contributed by atoms with E-state index >= 15 is 0 Å². The van der Waals surface area contributed by atoms with Crippen LogP contribution < -0.4 is 4.90 Å². The number of amides is 1. The van der Waals surface area contributed by atoms with Gasteiger partial charge in [0.1, 0.15) is 0 Å². The normalized spacial score (nSPS) is 15.7. The van der Waals surface area contributed by atoms with Crippen LogP contribution in [0.3, 0.4) is 0 Å². The topological polar surface area (TPSA) is 50.3 Å². The molecule has 5 heteroatoms. The zero-order valence-electron chi connectivity index (χ0n) is 16.0. The van der Waals surface area contributed by atoms with Gasteiger partial charge in [-0.25, -0.2) is 4.98 Å². The van der Waals surface area contributed by atoms with E-state index in [4.69, 9.17) is 4.98 Å². The molecule has 0 unspecified atom stereocenters. The summed E-state index contributed by atoms with van der Waals surface area (Å²) < 4.78 is 0. The number of benzene rings is 2. The van der Waals surface area contributed by atoms with E-state index in [2.05, 4.69) is 24.3 Å². The van der Waals surface area contributed by atoms with Gasteiger partial charge in [0, 0.05) is 23.1 Å². The molecule has 0 saturated carbocycles. The molecule has 142 valence electrons. The van der Waals surface area contributed by atoms with Crippen LogP contribution in [0.4, 0.5) is 5.13 Å². The van der Waals surface area contributed by atoms with E-state index in [1.807, 2.05) is 6.07 Å². The number of carbonyl (C=O) groups is 2. The van der Waals surface area contributed by atoms with Gasteiger partial charge < -0.3 is 0 Å². The van der Waals surface area contributed by atoms with Crippen LogP contribution in [-0.4, -0.2) is 23.7 Å². The number of ketones is 1. The molecule has 0 saturated heterocycles. The summed E-state index contributed by atoms with van der Waals surface area (Å²) in [7, 11) is 1.76. The number of carbonyl (C=O) groups excluding carboxylic acids is 2. The molecule has 0 N–H and O–H groups in total. The molecule has 1 aliphatic rings. The van der Waals surface area contributed by atoms with Gasteiger partial charge in [-0.2, -0.15) is 0 Å². The van der Waals surface area contributed by atoms with Gasteiger partial charge in [-0.3, -0.25) is 14.5 Å². The van der Waals surface area contributed by atoms with Crippen molar-refractivity contribution >= 4 is 28.2 Å². The molecule has 1 aromatic heterocycles. The Balaban J connectivity index is 1.52. The van der Waals surface area contributed by atoms with Crippen molar-refractivity contribution in [2.24, 2.45) is 0 Å². The largest absolute Gasteiger partial charge is 0.295 e. The first kappa shape index (κ1) is 18.6. The van der Waals surface area contributed by atoms with Crippen molar-refractivity contribution in [1.82, 2.24) is 4.98 Å². The SMILES string of the molecule is CC(=O)c1ccc(C(=O)N(C)c2nc3c(s2)C[C@H](c2ccccc2)CC3)cc1. The standard InChI is InChI=1S/C23H22N2O2S/c1-15(26)16-8-10-18(11-9-16)22(27)25(2)23-24-20-13-12-19(14-21(20)28-23)17-6-4-3-5-7-17/h3-11,19H,12-14H2,1-2H3/t19-/m1/s1. The number of Topliss-reactive ketones (excluding diaryl/α,β-unsaturated/α-hetero) is 1. The average Bonchev–Trinajstić information content (AvgIpc) is 3.16. The molecule has 1 heterocycles. The summed E-state index contributed by atoms with van der Waals surface area (Å²) in [5.74, 6) is 0.399. The Morgan fingerprint density at radius 3 is 2.39 bits per heavy atom. The molecular weight excluding hydrogens is 368 g/mol. The maximum atomic E-state index is 12.8. The minimum atomic E-state index is -0.110. The summed E-state index contributed by atoms with van der Waals surface area (Å²) in [6.45, 7) is 1.52. The summed E-state index contributed by atoms with van der Waals surface area (Å²) in [4.78, 5) is 31.9. The Hall–Kier alpha value is -2.79. The lowest BCUT2D eigenvalue weighted by molar-refractivity contribution is 0.0987. The van der Waals surface area contributed by atoms with Crippen LogP contribution in [0.5, 0.6) is 0 Å². The fourth-order valence-corrected chi connectivity index (χ4v) is 4.79. The van der Waals surface area contributed by atoms with E-state index < -0.39 is 0 Å².